The van der Waals surface area contributed by atoms with Crippen LogP contribution in [-0.4, -0.2) is 21.1 Å². The molecule has 0 saturated heterocycles. The number of imidazole rings is 1. The summed E-state index contributed by atoms with van der Waals surface area (Å²) in [6.45, 7) is 2.60. The molecule has 0 aliphatic rings. The Morgan fingerprint density at radius 3 is 3.05 bits per heavy atom. The number of hydrogen-bond donors (Lipinski definition) is 1. The number of halogens is 1. The smallest absolute Gasteiger partial charge is 0.160 e. The highest BCUT2D eigenvalue weighted by atomic mass is 35.5. The zero-order valence-corrected chi connectivity index (χ0v) is 11.9. The number of pyridine rings is 1. The summed E-state index contributed by atoms with van der Waals surface area (Å²) in [6.07, 6.45) is 1.64. The molecular formula is C13H13ClN4S. The number of nitrogens with zero attached hydrogens (tertiary/aromatic N) is 3. The molecule has 6 heteroatoms. The normalized spacial score (nSPS) is 13.0. The number of aromatic nitrogens is 3. The van der Waals surface area contributed by atoms with E-state index in [1.54, 1.807) is 17.5 Å². The van der Waals surface area contributed by atoms with Crippen molar-refractivity contribution in [2.45, 2.75) is 13.0 Å². The van der Waals surface area contributed by atoms with Gasteiger partial charge in [-0.3, -0.25) is 0 Å². The fourth-order valence-corrected chi connectivity index (χ4v) is 2.92. The molecule has 0 bridgehead atoms. The van der Waals surface area contributed by atoms with Crippen molar-refractivity contribution in [1.82, 2.24) is 14.5 Å². The van der Waals surface area contributed by atoms with Gasteiger partial charge in [-0.15, -0.1) is 11.3 Å². The topological polar surface area (TPSA) is 56.7 Å². The van der Waals surface area contributed by atoms with Crippen LogP contribution in [0.4, 0.5) is 0 Å². The first-order valence-electron chi connectivity index (χ1n) is 5.98. The minimum atomic E-state index is 0.135. The largest absolute Gasteiger partial charge is 0.328 e. The summed E-state index contributed by atoms with van der Waals surface area (Å²) < 4.78 is 2.08. The van der Waals surface area contributed by atoms with Gasteiger partial charge in [0, 0.05) is 18.8 Å². The van der Waals surface area contributed by atoms with Crippen molar-refractivity contribution >= 4 is 34.1 Å². The molecule has 0 aromatic carbocycles. The molecule has 1 atom stereocenters. The van der Waals surface area contributed by atoms with Crippen LogP contribution < -0.4 is 5.73 Å². The molecule has 0 radical (unpaired) electrons. The highest BCUT2D eigenvalue weighted by Crippen LogP contribution is 2.30. The van der Waals surface area contributed by atoms with Gasteiger partial charge in [0.05, 0.1) is 9.90 Å². The van der Waals surface area contributed by atoms with Crippen LogP contribution in [0.1, 0.15) is 13.0 Å². The predicted molar refractivity (Wildman–Crippen MR) is 79.6 cm³/mol. The lowest BCUT2D eigenvalue weighted by atomic mass is 10.3. The first-order chi connectivity index (χ1) is 9.20. The van der Waals surface area contributed by atoms with Gasteiger partial charge < -0.3 is 10.3 Å². The zero-order valence-electron chi connectivity index (χ0n) is 10.4. The lowest BCUT2D eigenvalue weighted by molar-refractivity contribution is 0.575. The molecule has 0 saturated carbocycles. The Morgan fingerprint density at radius 1 is 1.53 bits per heavy atom. The molecule has 3 rings (SSSR count). The van der Waals surface area contributed by atoms with Crippen molar-refractivity contribution in [3.05, 3.63) is 34.8 Å². The Balaban J connectivity index is 2.31. The van der Waals surface area contributed by atoms with Gasteiger partial charge in [-0.1, -0.05) is 17.7 Å². The summed E-state index contributed by atoms with van der Waals surface area (Å²) in [4.78, 5) is 10.2. The average Bonchev–Trinajstić information content (AvgIpc) is 3.03. The third kappa shape index (κ3) is 2.14. The molecule has 4 nitrogen and oxygen atoms in total. The van der Waals surface area contributed by atoms with Crippen LogP contribution >= 0.6 is 22.9 Å². The average molecular weight is 293 g/mol. The standard InChI is InChI=1S/C13H13ClN4S/c1-8(6-15)18-12-10(5-9(14)7-16-12)17-13(18)11-3-2-4-19-11/h2-5,7-8H,6,15H2,1H3. The molecule has 0 amide bonds. The molecule has 3 aromatic rings. The SMILES string of the molecule is CC(CN)n1c(-c2cccs2)nc2cc(Cl)cnc21. The van der Waals surface area contributed by atoms with Gasteiger partial charge in [0.2, 0.25) is 0 Å². The maximum absolute atomic E-state index is 5.98. The van der Waals surface area contributed by atoms with E-state index < -0.39 is 0 Å². The molecule has 3 aromatic heterocycles. The van der Waals surface area contributed by atoms with Gasteiger partial charge in [-0.25, -0.2) is 9.97 Å². The number of thiophene rings is 1. The number of fused-ring (bicyclic) bond motifs is 1. The Labute approximate surface area is 119 Å². The molecule has 1 unspecified atom stereocenters. The molecule has 98 valence electrons. The lowest BCUT2D eigenvalue weighted by Crippen LogP contribution is -2.17. The highest BCUT2D eigenvalue weighted by molar-refractivity contribution is 7.13. The Kier molecular flexibility index (Phi) is 3.26. The monoisotopic (exact) mass is 292 g/mol. The number of nitrogens with two attached hydrogens (primary N) is 1. The van der Waals surface area contributed by atoms with E-state index in [4.69, 9.17) is 17.3 Å². The van der Waals surface area contributed by atoms with Crippen LogP contribution in [0.25, 0.3) is 21.9 Å². The minimum Gasteiger partial charge on any atom is -0.328 e. The fourth-order valence-electron chi connectivity index (χ4n) is 2.06. The van der Waals surface area contributed by atoms with E-state index in [1.807, 2.05) is 23.6 Å². The maximum Gasteiger partial charge on any atom is 0.160 e. The van der Waals surface area contributed by atoms with E-state index in [-0.39, 0.29) is 6.04 Å². The predicted octanol–water partition coefficient (Wildman–Crippen LogP) is 3.33. The molecule has 0 fully saturated rings. The molecule has 19 heavy (non-hydrogen) atoms. The van der Waals surface area contributed by atoms with Crippen molar-refractivity contribution in [1.29, 1.82) is 0 Å². The van der Waals surface area contributed by atoms with Crippen molar-refractivity contribution in [3.8, 4) is 10.7 Å². The second-order valence-electron chi connectivity index (χ2n) is 4.36. The van der Waals surface area contributed by atoms with Gasteiger partial charge >= 0.3 is 0 Å². The summed E-state index contributed by atoms with van der Waals surface area (Å²) in [7, 11) is 0. The summed E-state index contributed by atoms with van der Waals surface area (Å²) in [5.41, 5.74) is 7.43. The maximum atomic E-state index is 5.98. The first kappa shape index (κ1) is 12.6. The van der Waals surface area contributed by atoms with Gasteiger partial charge in [-0.05, 0) is 24.4 Å². The number of rotatable bonds is 3. The van der Waals surface area contributed by atoms with E-state index in [1.165, 1.54) is 0 Å². The van der Waals surface area contributed by atoms with Crippen LogP contribution in [0.5, 0.6) is 0 Å². The summed E-state index contributed by atoms with van der Waals surface area (Å²) in [5.74, 6) is 0.901. The molecule has 0 aliphatic carbocycles. The Hall–Kier alpha value is -1.43. The fraction of sp³-hybridized carbons (Fsp3) is 0.231. The van der Waals surface area contributed by atoms with E-state index in [9.17, 15) is 0 Å². The van der Waals surface area contributed by atoms with Gasteiger partial charge in [0.25, 0.3) is 0 Å². The molecule has 0 spiro atoms. The Bertz CT molecular complexity index is 705. The molecular weight excluding hydrogens is 280 g/mol. The van der Waals surface area contributed by atoms with Crippen LogP contribution in [0, 0.1) is 0 Å². The van der Waals surface area contributed by atoms with E-state index in [0.717, 1.165) is 21.9 Å². The van der Waals surface area contributed by atoms with Crippen LogP contribution in [-0.2, 0) is 0 Å². The molecule has 0 aliphatic heterocycles. The molecule has 2 N–H and O–H groups in total. The van der Waals surface area contributed by atoms with Crippen LogP contribution in [0.2, 0.25) is 5.02 Å². The van der Waals surface area contributed by atoms with Crippen molar-refractivity contribution in [3.63, 3.8) is 0 Å². The van der Waals surface area contributed by atoms with Gasteiger partial charge in [0.15, 0.2) is 11.5 Å². The first-order valence-corrected chi connectivity index (χ1v) is 7.24. The van der Waals surface area contributed by atoms with E-state index in [2.05, 4.69) is 21.5 Å². The van der Waals surface area contributed by atoms with Crippen LogP contribution in [0.3, 0.4) is 0 Å². The van der Waals surface area contributed by atoms with E-state index >= 15 is 0 Å². The quantitative estimate of drug-likeness (QED) is 0.805. The second-order valence-corrected chi connectivity index (χ2v) is 5.75. The van der Waals surface area contributed by atoms with Crippen molar-refractivity contribution in [2.75, 3.05) is 6.54 Å². The third-order valence-electron chi connectivity index (χ3n) is 3.02. The second kappa shape index (κ2) is 4.92. The van der Waals surface area contributed by atoms with Crippen molar-refractivity contribution < 1.29 is 0 Å². The summed E-state index contributed by atoms with van der Waals surface area (Å²) in [5, 5.41) is 2.63. The van der Waals surface area contributed by atoms with E-state index in [0.29, 0.717) is 11.6 Å². The summed E-state index contributed by atoms with van der Waals surface area (Å²) in [6, 6.07) is 6.03. The lowest BCUT2D eigenvalue weighted by Gasteiger charge is -2.14. The molecule has 3 heterocycles. The van der Waals surface area contributed by atoms with Crippen molar-refractivity contribution in [2.24, 2.45) is 5.73 Å². The summed E-state index contributed by atoms with van der Waals surface area (Å²) >= 11 is 7.64. The van der Waals surface area contributed by atoms with Gasteiger partial charge in [-0.2, -0.15) is 0 Å². The third-order valence-corrected chi connectivity index (χ3v) is 4.09. The van der Waals surface area contributed by atoms with Crippen LogP contribution in [0.15, 0.2) is 29.8 Å². The minimum absolute atomic E-state index is 0.135. The zero-order chi connectivity index (χ0) is 13.4. The number of hydrogen-bond acceptors (Lipinski definition) is 4. The van der Waals surface area contributed by atoms with Gasteiger partial charge in [0.1, 0.15) is 5.52 Å². The Morgan fingerprint density at radius 2 is 2.37 bits per heavy atom. The highest BCUT2D eigenvalue weighted by Gasteiger charge is 2.18.